The Morgan fingerprint density at radius 2 is 2.67 bits per heavy atom. The molecule has 1 rings (SSSR count). The first kappa shape index (κ1) is 3.42. The number of hydrogen-bond acceptors (Lipinski definition) is 3. The van der Waals surface area contributed by atoms with Crippen LogP contribution in [0, 0.1) is 0 Å². The van der Waals surface area contributed by atoms with Gasteiger partial charge in [-0.25, -0.2) is 5.53 Å². The molecule has 0 aromatic carbocycles. The van der Waals surface area contributed by atoms with Crippen LogP contribution in [0.2, 0.25) is 0 Å². The molecule has 6 heavy (non-hydrogen) atoms. The summed E-state index contributed by atoms with van der Waals surface area (Å²) in [6.07, 6.45) is 1.58. The predicted octanol–water partition coefficient (Wildman–Crippen LogP) is -1.10. The summed E-state index contributed by atoms with van der Waals surface area (Å²) in [6.45, 7) is 0. The molecule has 0 saturated carbocycles. The molecule has 0 spiro atoms. The van der Waals surface area contributed by atoms with E-state index >= 15 is 0 Å². The fraction of sp³-hybridized carbons (Fsp3) is 0.500. The van der Waals surface area contributed by atoms with Gasteiger partial charge in [0.15, 0.2) is 0 Å². The minimum atomic E-state index is 1.58. The molecule has 0 saturated heterocycles. The third kappa shape index (κ3) is 0.414. The Morgan fingerprint density at radius 1 is 1.83 bits per heavy atom. The van der Waals surface area contributed by atoms with Gasteiger partial charge >= 0.3 is 0 Å². The lowest BCUT2D eigenvalue weighted by atomic mass is 11.1. The topological polar surface area (TPSA) is 41.7 Å². The molecule has 1 N–H and O–H groups in total. The molecule has 1 aliphatic heterocycles. The van der Waals surface area contributed by atoms with Crippen LogP contribution in [-0.2, 0) is 0 Å². The monoisotopic (exact) mass is 85.1 g/mol. The van der Waals surface area contributed by atoms with Crippen LogP contribution in [0.25, 0.3) is 0 Å². The molecule has 0 aromatic rings. The van der Waals surface area contributed by atoms with E-state index < -0.39 is 0 Å². The lowest BCUT2D eigenvalue weighted by Crippen LogP contribution is -2.25. The lowest BCUT2D eigenvalue weighted by Gasteiger charge is -1.96. The Hall–Kier alpha value is -0.770. The molecule has 0 atom stereocenters. The maximum atomic E-state index is 3.60. The highest BCUT2D eigenvalue weighted by atomic mass is 15.8. The Bertz CT molecular complexity index is 67.9. The normalized spacial score (nSPS) is 18.5. The SMILES string of the molecule is CN1C=NN[N]1. The highest BCUT2D eigenvalue weighted by molar-refractivity contribution is 5.54. The van der Waals surface area contributed by atoms with Gasteiger partial charge in [0.05, 0.1) is 0 Å². The third-order valence-corrected chi connectivity index (χ3v) is 0.485. The maximum Gasteiger partial charge on any atom is 0.129 e. The van der Waals surface area contributed by atoms with E-state index in [2.05, 4.69) is 16.2 Å². The summed E-state index contributed by atoms with van der Waals surface area (Å²) < 4.78 is 0. The number of hydrogen-bond donors (Lipinski definition) is 1. The number of nitrogens with one attached hydrogen (secondary N) is 1. The summed E-state index contributed by atoms with van der Waals surface area (Å²) in [5.74, 6) is 0. The second kappa shape index (κ2) is 1.14. The Morgan fingerprint density at radius 3 is 2.83 bits per heavy atom. The molecule has 1 heterocycles. The van der Waals surface area contributed by atoms with Gasteiger partial charge in [0, 0.05) is 7.05 Å². The standard InChI is InChI=1S/C2H5N4/c1-6-2-3-4-5-6/h2,4H,1H3. The summed E-state index contributed by atoms with van der Waals surface area (Å²) in [5, 5.41) is 5.13. The molecule has 0 aliphatic carbocycles. The zero-order valence-corrected chi connectivity index (χ0v) is 3.42. The van der Waals surface area contributed by atoms with E-state index in [1.165, 1.54) is 0 Å². The number of nitrogens with zero attached hydrogens (tertiary/aromatic N) is 3. The van der Waals surface area contributed by atoms with Crippen molar-refractivity contribution in [3.63, 3.8) is 0 Å². The van der Waals surface area contributed by atoms with E-state index in [-0.39, 0.29) is 0 Å². The molecule has 0 bridgehead atoms. The van der Waals surface area contributed by atoms with Gasteiger partial charge in [0.25, 0.3) is 0 Å². The fourth-order valence-electron chi connectivity index (χ4n) is 0.232. The molecule has 4 nitrogen and oxygen atoms in total. The summed E-state index contributed by atoms with van der Waals surface area (Å²) in [6, 6.07) is 0. The molecule has 33 valence electrons. The van der Waals surface area contributed by atoms with Gasteiger partial charge in [-0.1, -0.05) is 0 Å². The van der Waals surface area contributed by atoms with Crippen LogP contribution in [-0.4, -0.2) is 18.4 Å². The zero-order chi connectivity index (χ0) is 4.41. The third-order valence-electron chi connectivity index (χ3n) is 0.485. The van der Waals surface area contributed by atoms with Gasteiger partial charge in [-0.2, -0.15) is 5.10 Å². The molecule has 1 radical (unpaired) electrons. The first-order valence-electron chi connectivity index (χ1n) is 1.61. The van der Waals surface area contributed by atoms with Crippen molar-refractivity contribution >= 4 is 6.34 Å². The maximum absolute atomic E-state index is 3.60. The average Bonchev–Trinajstić information content (AvgIpc) is 1.86. The molecular weight excluding hydrogens is 80.0 g/mol. The largest absolute Gasteiger partial charge is 0.261 e. The molecular formula is C2H5N4. The van der Waals surface area contributed by atoms with E-state index in [1.54, 1.807) is 18.4 Å². The van der Waals surface area contributed by atoms with E-state index in [9.17, 15) is 0 Å². The molecule has 0 unspecified atom stereocenters. The van der Waals surface area contributed by atoms with Crippen molar-refractivity contribution in [2.75, 3.05) is 7.05 Å². The predicted molar refractivity (Wildman–Crippen MR) is 21.5 cm³/mol. The van der Waals surface area contributed by atoms with Crippen LogP contribution < -0.4 is 11.1 Å². The van der Waals surface area contributed by atoms with Gasteiger partial charge in [-0.05, 0) is 5.53 Å². The molecule has 0 amide bonds. The quantitative estimate of drug-likeness (QED) is 0.405. The van der Waals surface area contributed by atoms with Crippen LogP contribution in [0.3, 0.4) is 0 Å². The van der Waals surface area contributed by atoms with Crippen molar-refractivity contribution in [2.45, 2.75) is 0 Å². The molecule has 4 heteroatoms. The minimum absolute atomic E-state index is 1.58. The van der Waals surface area contributed by atoms with Crippen LogP contribution in [0.1, 0.15) is 0 Å². The van der Waals surface area contributed by atoms with Crippen molar-refractivity contribution in [2.24, 2.45) is 5.10 Å². The Kier molecular flexibility index (Phi) is 0.648. The fourth-order valence-corrected chi connectivity index (χ4v) is 0.232. The first-order valence-corrected chi connectivity index (χ1v) is 1.61. The second-order valence-corrected chi connectivity index (χ2v) is 1.02. The number of rotatable bonds is 0. The van der Waals surface area contributed by atoms with E-state index in [0.717, 1.165) is 0 Å². The average molecular weight is 85.1 g/mol. The van der Waals surface area contributed by atoms with Crippen LogP contribution >= 0.6 is 0 Å². The van der Waals surface area contributed by atoms with Gasteiger partial charge in [0.2, 0.25) is 0 Å². The van der Waals surface area contributed by atoms with Crippen LogP contribution in [0.15, 0.2) is 5.10 Å². The van der Waals surface area contributed by atoms with Crippen molar-refractivity contribution in [3.8, 4) is 0 Å². The van der Waals surface area contributed by atoms with Crippen molar-refractivity contribution in [1.29, 1.82) is 0 Å². The smallest absolute Gasteiger partial charge is 0.129 e. The van der Waals surface area contributed by atoms with Gasteiger partial charge in [0.1, 0.15) is 6.34 Å². The minimum Gasteiger partial charge on any atom is -0.261 e. The first-order chi connectivity index (χ1) is 2.89. The summed E-state index contributed by atoms with van der Waals surface area (Å²) in [4.78, 5) is 0. The lowest BCUT2D eigenvalue weighted by molar-refractivity contribution is 0.341. The van der Waals surface area contributed by atoms with Crippen molar-refractivity contribution in [1.82, 2.24) is 16.1 Å². The van der Waals surface area contributed by atoms with E-state index in [4.69, 9.17) is 0 Å². The molecule has 0 fully saturated rings. The molecule has 1 aliphatic rings. The van der Waals surface area contributed by atoms with E-state index in [0.29, 0.717) is 0 Å². The number of hydrazone groups is 1. The highest BCUT2D eigenvalue weighted by Gasteiger charge is 1.93. The van der Waals surface area contributed by atoms with Crippen molar-refractivity contribution in [3.05, 3.63) is 0 Å². The zero-order valence-electron chi connectivity index (χ0n) is 3.42. The van der Waals surface area contributed by atoms with Gasteiger partial charge < -0.3 is 0 Å². The van der Waals surface area contributed by atoms with Crippen molar-refractivity contribution < 1.29 is 0 Å². The Labute approximate surface area is 35.8 Å². The summed E-state index contributed by atoms with van der Waals surface area (Å²) in [5.41, 5.74) is 5.99. The van der Waals surface area contributed by atoms with E-state index in [1.807, 2.05) is 0 Å². The summed E-state index contributed by atoms with van der Waals surface area (Å²) in [7, 11) is 1.80. The molecule has 0 aromatic heterocycles. The second-order valence-electron chi connectivity index (χ2n) is 1.02. The van der Waals surface area contributed by atoms with Gasteiger partial charge in [-0.15, -0.1) is 0 Å². The van der Waals surface area contributed by atoms with Gasteiger partial charge in [-0.3, -0.25) is 5.01 Å². The Balaban J connectivity index is 2.38. The van der Waals surface area contributed by atoms with Crippen LogP contribution in [0.5, 0.6) is 0 Å². The summed E-state index contributed by atoms with van der Waals surface area (Å²) >= 11 is 0. The highest BCUT2D eigenvalue weighted by Crippen LogP contribution is 1.72. The van der Waals surface area contributed by atoms with Crippen LogP contribution in [0.4, 0.5) is 0 Å².